The van der Waals surface area contributed by atoms with E-state index in [1.807, 2.05) is 30.3 Å². The van der Waals surface area contributed by atoms with Crippen molar-refractivity contribution < 1.29 is 27.5 Å². The van der Waals surface area contributed by atoms with Crippen LogP contribution in [0.15, 0.2) is 65.6 Å². The van der Waals surface area contributed by atoms with Gasteiger partial charge < -0.3 is 15.0 Å². The van der Waals surface area contributed by atoms with Gasteiger partial charge in [-0.25, -0.2) is 18.4 Å². The topological polar surface area (TPSA) is 136 Å². The highest BCUT2D eigenvalue weighted by molar-refractivity contribution is 7.89. The summed E-state index contributed by atoms with van der Waals surface area (Å²) in [6.45, 7) is 3.86. The molecule has 194 valence electrons. The summed E-state index contributed by atoms with van der Waals surface area (Å²) < 4.78 is 28.7. The number of amides is 2. The number of esters is 1. The van der Waals surface area contributed by atoms with Crippen LogP contribution in [-0.4, -0.2) is 49.8 Å². The van der Waals surface area contributed by atoms with Crippen molar-refractivity contribution in [2.75, 3.05) is 18.5 Å². The van der Waals surface area contributed by atoms with Gasteiger partial charge in [0.05, 0.1) is 17.1 Å². The number of hydrogen-bond acceptors (Lipinski definition) is 7. The molecular formula is C26H27N3O6S2. The standard InChI is InChI=1S/C26H27N3O6S2/c1-3-35-24(31)20-16-21(17-9-5-4-6-10-17)36-22(20)28-25(32)26(2)13-8-14-29(26)23(30)18-11-7-12-19(15-18)37(27,33)34/h4-7,9-12,15-16H,3,8,13-14H2,1-2H3,(H,28,32)(H2,27,33,34). The summed E-state index contributed by atoms with van der Waals surface area (Å²) >= 11 is 1.25. The number of rotatable bonds is 7. The van der Waals surface area contributed by atoms with Gasteiger partial charge in [0.25, 0.3) is 11.8 Å². The predicted octanol–water partition coefficient (Wildman–Crippen LogP) is 3.87. The third-order valence-electron chi connectivity index (χ3n) is 6.30. The third kappa shape index (κ3) is 5.43. The second kappa shape index (κ2) is 10.4. The second-order valence-corrected chi connectivity index (χ2v) is 11.4. The molecule has 3 aromatic rings. The molecule has 9 nitrogen and oxygen atoms in total. The van der Waals surface area contributed by atoms with E-state index >= 15 is 0 Å². The molecule has 0 radical (unpaired) electrons. The molecule has 0 bridgehead atoms. The van der Waals surface area contributed by atoms with E-state index < -0.39 is 33.3 Å². The second-order valence-electron chi connectivity index (χ2n) is 8.80. The molecular weight excluding hydrogens is 514 g/mol. The van der Waals surface area contributed by atoms with Crippen LogP contribution in [0.4, 0.5) is 5.00 Å². The number of thiophene rings is 1. The molecule has 1 aliphatic heterocycles. The van der Waals surface area contributed by atoms with Crippen LogP contribution in [0.3, 0.4) is 0 Å². The van der Waals surface area contributed by atoms with Gasteiger partial charge in [-0.05, 0) is 56.5 Å². The van der Waals surface area contributed by atoms with E-state index in [1.165, 1.54) is 40.5 Å². The molecule has 0 spiro atoms. The Kier molecular flexibility index (Phi) is 7.49. The van der Waals surface area contributed by atoms with Crippen LogP contribution in [0.5, 0.6) is 0 Å². The average molecular weight is 542 g/mol. The van der Waals surface area contributed by atoms with E-state index in [4.69, 9.17) is 9.88 Å². The van der Waals surface area contributed by atoms with Crippen molar-refractivity contribution in [3.63, 3.8) is 0 Å². The fourth-order valence-corrected chi connectivity index (χ4v) is 5.92. The summed E-state index contributed by atoms with van der Waals surface area (Å²) in [4.78, 5) is 41.7. The van der Waals surface area contributed by atoms with Gasteiger partial charge in [0.15, 0.2) is 0 Å². The van der Waals surface area contributed by atoms with Gasteiger partial charge in [-0.1, -0.05) is 36.4 Å². The first-order valence-corrected chi connectivity index (χ1v) is 14.0. The molecule has 2 amide bonds. The Morgan fingerprint density at radius 2 is 1.84 bits per heavy atom. The summed E-state index contributed by atoms with van der Waals surface area (Å²) in [5.74, 6) is -1.49. The molecule has 1 fully saturated rings. The van der Waals surface area contributed by atoms with Gasteiger partial charge in [-0.2, -0.15) is 0 Å². The molecule has 1 saturated heterocycles. The molecule has 1 unspecified atom stereocenters. The summed E-state index contributed by atoms with van der Waals surface area (Å²) in [6, 6.07) is 16.6. The van der Waals surface area contributed by atoms with Crippen LogP contribution in [-0.2, 0) is 19.6 Å². The number of ether oxygens (including phenoxy) is 1. The summed E-state index contributed by atoms with van der Waals surface area (Å²) in [7, 11) is -4.00. The molecule has 1 aromatic heterocycles. The first kappa shape index (κ1) is 26.5. The fraction of sp³-hybridized carbons (Fsp3) is 0.269. The van der Waals surface area contributed by atoms with E-state index in [0.717, 1.165) is 10.4 Å². The Balaban J connectivity index is 1.64. The summed E-state index contributed by atoms with van der Waals surface area (Å²) in [5.41, 5.74) is 0.0102. The molecule has 0 saturated carbocycles. The van der Waals surface area contributed by atoms with Crippen LogP contribution in [0.25, 0.3) is 10.4 Å². The van der Waals surface area contributed by atoms with Crippen molar-refractivity contribution in [2.24, 2.45) is 5.14 Å². The first-order valence-electron chi connectivity index (χ1n) is 11.7. The van der Waals surface area contributed by atoms with Crippen LogP contribution < -0.4 is 10.5 Å². The number of nitrogens with two attached hydrogens (primary N) is 1. The maximum Gasteiger partial charge on any atom is 0.341 e. The number of sulfonamides is 1. The Morgan fingerprint density at radius 1 is 1.11 bits per heavy atom. The van der Waals surface area contributed by atoms with E-state index in [-0.39, 0.29) is 22.6 Å². The first-order chi connectivity index (χ1) is 17.5. The Labute approximate surface area is 219 Å². The smallest absolute Gasteiger partial charge is 0.341 e. The van der Waals surface area contributed by atoms with Gasteiger partial charge in [-0.15, -0.1) is 11.3 Å². The maximum atomic E-state index is 13.6. The van der Waals surface area contributed by atoms with Crippen molar-refractivity contribution in [3.8, 4) is 10.4 Å². The van der Waals surface area contributed by atoms with E-state index in [1.54, 1.807) is 19.9 Å². The molecule has 1 aliphatic rings. The normalized spacial score (nSPS) is 17.4. The lowest BCUT2D eigenvalue weighted by Gasteiger charge is -2.34. The van der Waals surface area contributed by atoms with E-state index in [9.17, 15) is 22.8 Å². The zero-order valence-corrected chi connectivity index (χ0v) is 22.0. The molecule has 11 heteroatoms. The number of nitrogens with one attached hydrogen (secondary N) is 1. The van der Waals surface area contributed by atoms with Crippen LogP contribution in [0.2, 0.25) is 0 Å². The zero-order valence-electron chi connectivity index (χ0n) is 20.4. The minimum atomic E-state index is -4.00. The third-order valence-corrected chi connectivity index (χ3v) is 8.31. The van der Waals surface area contributed by atoms with Gasteiger partial charge in [-0.3, -0.25) is 9.59 Å². The van der Waals surface area contributed by atoms with Gasteiger partial charge >= 0.3 is 5.97 Å². The van der Waals surface area contributed by atoms with Crippen molar-refractivity contribution in [2.45, 2.75) is 37.1 Å². The Bertz CT molecular complexity index is 1450. The van der Waals surface area contributed by atoms with Gasteiger partial charge in [0, 0.05) is 17.0 Å². The van der Waals surface area contributed by atoms with Crippen LogP contribution in [0, 0.1) is 0 Å². The molecule has 0 aliphatic carbocycles. The molecule has 2 aromatic carbocycles. The number of nitrogens with zero attached hydrogens (tertiary/aromatic N) is 1. The average Bonchev–Trinajstić information content (AvgIpc) is 3.48. The molecule has 1 atom stereocenters. The lowest BCUT2D eigenvalue weighted by atomic mass is 9.96. The van der Waals surface area contributed by atoms with Crippen molar-refractivity contribution in [1.82, 2.24) is 4.90 Å². The van der Waals surface area contributed by atoms with Crippen LogP contribution in [0.1, 0.15) is 47.4 Å². The highest BCUT2D eigenvalue weighted by atomic mass is 32.2. The quantitative estimate of drug-likeness (QED) is 0.436. The highest BCUT2D eigenvalue weighted by Crippen LogP contribution is 2.38. The van der Waals surface area contributed by atoms with E-state index in [0.29, 0.717) is 24.4 Å². The molecule has 37 heavy (non-hydrogen) atoms. The number of anilines is 1. The Hall–Kier alpha value is -3.54. The number of benzene rings is 2. The number of primary sulfonamides is 1. The van der Waals surface area contributed by atoms with E-state index in [2.05, 4.69) is 5.32 Å². The predicted molar refractivity (Wildman–Crippen MR) is 141 cm³/mol. The molecule has 3 N–H and O–H groups in total. The van der Waals surface area contributed by atoms with Crippen LogP contribution >= 0.6 is 11.3 Å². The van der Waals surface area contributed by atoms with Gasteiger partial charge in [0.2, 0.25) is 10.0 Å². The van der Waals surface area contributed by atoms with Crippen molar-refractivity contribution in [3.05, 3.63) is 71.8 Å². The number of carbonyl (C=O) groups is 3. The summed E-state index contributed by atoms with van der Waals surface area (Å²) in [6.07, 6.45) is 0.972. The summed E-state index contributed by atoms with van der Waals surface area (Å²) in [5, 5.41) is 8.41. The SMILES string of the molecule is CCOC(=O)c1cc(-c2ccccc2)sc1NC(=O)C1(C)CCCN1C(=O)c1cccc(S(N)(=O)=O)c1. The zero-order chi connectivity index (χ0) is 26.8. The monoisotopic (exact) mass is 541 g/mol. The number of hydrogen-bond donors (Lipinski definition) is 2. The molecule has 4 rings (SSSR count). The minimum Gasteiger partial charge on any atom is -0.462 e. The van der Waals surface area contributed by atoms with Crippen molar-refractivity contribution >= 4 is 44.1 Å². The Morgan fingerprint density at radius 3 is 2.51 bits per heavy atom. The maximum absolute atomic E-state index is 13.6. The lowest BCUT2D eigenvalue weighted by Crippen LogP contribution is -2.53. The van der Waals surface area contributed by atoms with Gasteiger partial charge in [0.1, 0.15) is 10.5 Å². The highest BCUT2D eigenvalue weighted by Gasteiger charge is 2.46. The largest absolute Gasteiger partial charge is 0.462 e. The lowest BCUT2D eigenvalue weighted by molar-refractivity contribution is -0.124. The molecule has 2 heterocycles. The van der Waals surface area contributed by atoms with Crippen molar-refractivity contribution in [1.29, 1.82) is 0 Å². The number of carbonyl (C=O) groups excluding carboxylic acids is 3. The fourth-order valence-electron chi connectivity index (χ4n) is 4.31. The number of likely N-dealkylation sites (tertiary alicyclic amines) is 1. The minimum absolute atomic E-state index is 0.113.